The number of rotatable bonds is 6. The molecule has 1 fully saturated rings. The fourth-order valence-electron chi connectivity index (χ4n) is 3.80. The standard InChI is InChI=1S/C23H25FN4O2/c1-2-16-5-3-4-6-20(16)25-21(29)15-28-13-11-18(12-14-28)23-26-22(27-30-23)17-7-9-19(24)10-8-17/h3-10,18H,2,11-15H2,1H3,(H,25,29). The summed E-state index contributed by atoms with van der Waals surface area (Å²) in [5.41, 5.74) is 2.75. The minimum Gasteiger partial charge on any atom is -0.339 e. The van der Waals surface area contributed by atoms with Crippen molar-refractivity contribution in [2.24, 2.45) is 0 Å². The van der Waals surface area contributed by atoms with E-state index in [4.69, 9.17) is 4.52 Å². The van der Waals surface area contributed by atoms with Gasteiger partial charge in [-0.3, -0.25) is 9.69 Å². The van der Waals surface area contributed by atoms with Crippen molar-refractivity contribution in [1.29, 1.82) is 0 Å². The van der Waals surface area contributed by atoms with Crippen LogP contribution in [0, 0.1) is 5.82 Å². The number of benzene rings is 2. The number of aryl methyl sites for hydroxylation is 1. The Morgan fingerprint density at radius 1 is 1.17 bits per heavy atom. The van der Waals surface area contributed by atoms with Crippen LogP contribution in [-0.4, -0.2) is 40.6 Å². The molecule has 0 saturated carbocycles. The molecule has 4 rings (SSSR count). The van der Waals surface area contributed by atoms with E-state index in [-0.39, 0.29) is 17.6 Å². The third-order valence-electron chi connectivity index (χ3n) is 5.52. The quantitative estimate of drug-likeness (QED) is 0.660. The van der Waals surface area contributed by atoms with Crippen LogP contribution in [0.15, 0.2) is 53.1 Å². The van der Waals surface area contributed by atoms with Gasteiger partial charge in [-0.25, -0.2) is 4.39 Å². The number of hydrogen-bond acceptors (Lipinski definition) is 5. The first-order valence-corrected chi connectivity index (χ1v) is 10.3. The topological polar surface area (TPSA) is 71.3 Å². The lowest BCUT2D eigenvalue weighted by atomic mass is 9.97. The van der Waals surface area contributed by atoms with Gasteiger partial charge in [0.05, 0.1) is 6.54 Å². The third kappa shape index (κ3) is 4.74. The SMILES string of the molecule is CCc1ccccc1NC(=O)CN1CCC(c2nc(-c3ccc(F)cc3)no2)CC1. The second kappa shape index (κ2) is 9.17. The number of carbonyl (C=O) groups is 1. The molecule has 1 saturated heterocycles. The number of nitrogens with zero attached hydrogens (tertiary/aromatic N) is 3. The Morgan fingerprint density at radius 2 is 1.90 bits per heavy atom. The fourth-order valence-corrected chi connectivity index (χ4v) is 3.80. The van der Waals surface area contributed by atoms with Crippen LogP contribution in [0.25, 0.3) is 11.4 Å². The summed E-state index contributed by atoms with van der Waals surface area (Å²) in [6.07, 6.45) is 2.58. The van der Waals surface area contributed by atoms with Crippen LogP contribution in [0.2, 0.25) is 0 Å². The van der Waals surface area contributed by atoms with Crippen LogP contribution >= 0.6 is 0 Å². The van der Waals surface area contributed by atoms with Crippen molar-refractivity contribution in [1.82, 2.24) is 15.0 Å². The fraction of sp³-hybridized carbons (Fsp3) is 0.348. The molecule has 2 aromatic carbocycles. The van der Waals surface area contributed by atoms with Crippen molar-refractivity contribution in [3.8, 4) is 11.4 Å². The van der Waals surface area contributed by atoms with Gasteiger partial charge in [-0.2, -0.15) is 4.98 Å². The molecule has 3 aromatic rings. The predicted octanol–water partition coefficient (Wildman–Crippen LogP) is 4.26. The molecule has 1 aliphatic rings. The number of hydrogen-bond donors (Lipinski definition) is 1. The number of para-hydroxylation sites is 1. The molecule has 0 bridgehead atoms. The summed E-state index contributed by atoms with van der Waals surface area (Å²) in [5.74, 6) is 0.964. The third-order valence-corrected chi connectivity index (χ3v) is 5.52. The van der Waals surface area contributed by atoms with Gasteiger partial charge in [-0.05, 0) is 68.2 Å². The maximum atomic E-state index is 13.1. The Morgan fingerprint density at radius 3 is 2.63 bits per heavy atom. The number of likely N-dealkylation sites (tertiary alicyclic amines) is 1. The molecule has 0 unspecified atom stereocenters. The Kier molecular flexibility index (Phi) is 6.18. The lowest BCUT2D eigenvalue weighted by molar-refractivity contribution is -0.117. The number of amides is 1. The molecule has 0 aliphatic carbocycles. The van der Waals surface area contributed by atoms with Crippen LogP contribution in [0.1, 0.15) is 37.1 Å². The molecular weight excluding hydrogens is 383 g/mol. The first kappa shape index (κ1) is 20.2. The van der Waals surface area contributed by atoms with Crippen molar-refractivity contribution in [3.63, 3.8) is 0 Å². The van der Waals surface area contributed by atoms with E-state index in [0.29, 0.717) is 18.3 Å². The van der Waals surface area contributed by atoms with Crippen molar-refractivity contribution < 1.29 is 13.7 Å². The first-order chi connectivity index (χ1) is 14.6. The van der Waals surface area contributed by atoms with E-state index in [1.54, 1.807) is 12.1 Å². The van der Waals surface area contributed by atoms with Crippen molar-refractivity contribution in [3.05, 3.63) is 65.8 Å². The summed E-state index contributed by atoms with van der Waals surface area (Å²) < 4.78 is 18.5. The van der Waals surface area contributed by atoms with Gasteiger partial charge in [0, 0.05) is 17.2 Å². The summed E-state index contributed by atoms with van der Waals surface area (Å²) >= 11 is 0. The number of piperidine rings is 1. The Labute approximate surface area is 175 Å². The molecule has 7 heteroatoms. The Balaban J connectivity index is 1.30. The number of carbonyl (C=O) groups excluding carboxylic acids is 1. The van der Waals surface area contributed by atoms with E-state index in [1.165, 1.54) is 12.1 Å². The molecule has 1 aliphatic heterocycles. The average molecular weight is 408 g/mol. The molecule has 1 N–H and O–H groups in total. The van der Waals surface area contributed by atoms with Gasteiger partial charge in [-0.15, -0.1) is 0 Å². The monoisotopic (exact) mass is 408 g/mol. The highest BCUT2D eigenvalue weighted by Gasteiger charge is 2.26. The van der Waals surface area contributed by atoms with Gasteiger partial charge >= 0.3 is 0 Å². The zero-order valence-electron chi connectivity index (χ0n) is 17.0. The molecule has 6 nitrogen and oxygen atoms in total. The van der Waals surface area contributed by atoms with Crippen molar-refractivity contribution >= 4 is 11.6 Å². The molecule has 0 radical (unpaired) electrons. The van der Waals surface area contributed by atoms with Gasteiger partial charge in [0.25, 0.3) is 0 Å². The van der Waals surface area contributed by atoms with Crippen LogP contribution in [-0.2, 0) is 11.2 Å². The van der Waals surface area contributed by atoms with E-state index >= 15 is 0 Å². The van der Waals surface area contributed by atoms with E-state index in [2.05, 4.69) is 27.3 Å². The zero-order chi connectivity index (χ0) is 20.9. The molecule has 156 valence electrons. The first-order valence-electron chi connectivity index (χ1n) is 10.3. The van der Waals surface area contributed by atoms with Crippen molar-refractivity contribution in [2.75, 3.05) is 25.0 Å². The summed E-state index contributed by atoms with van der Waals surface area (Å²) in [6, 6.07) is 13.9. The number of nitrogens with one attached hydrogen (secondary N) is 1. The van der Waals surface area contributed by atoms with Crippen LogP contribution in [0.3, 0.4) is 0 Å². The second-order valence-corrected chi connectivity index (χ2v) is 7.57. The lowest BCUT2D eigenvalue weighted by Crippen LogP contribution is -2.38. The predicted molar refractivity (Wildman–Crippen MR) is 113 cm³/mol. The Bertz CT molecular complexity index is 994. The van der Waals surface area contributed by atoms with Gasteiger partial charge < -0.3 is 9.84 Å². The van der Waals surface area contributed by atoms with Crippen LogP contribution < -0.4 is 5.32 Å². The average Bonchev–Trinajstić information content (AvgIpc) is 3.25. The van der Waals surface area contributed by atoms with Gasteiger partial charge in [0.15, 0.2) is 0 Å². The number of anilines is 1. The highest BCUT2D eigenvalue weighted by Crippen LogP contribution is 2.28. The number of aromatic nitrogens is 2. The summed E-state index contributed by atoms with van der Waals surface area (Å²) in [6.45, 7) is 4.04. The van der Waals surface area contributed by atoms with Crippen LogP contribution in [0.4, 0.5) is 10.1 Å². The molecule has 1 aromatic heterocycles. The normalized spacial score (nSPS) is 15.3. The minimum absolute atomic E-state index is 0.00531. The van der Waals surface area contributed by atoms with E-state index in [1.807, 2.05) is 24.3 Å². The zero-order valence-corrected chi connectivity index (χ0v) is 17.0. The van der Waals surface area contributed by atoms with E-state index in [0.717, 1.165) is 49.2 Å². The van der Waals surface area contributed by atoms with Crippen LogP contribution in [0.5, 0.6) is 0 Å². The van der Waals surface area contributed by atoms with Crippen molar-refractivity contribution in [2.45, 2.75) is 32.1 Å². The van der Waals surface area contributed by atoms with E-state index in [9.17, 15) is 9.18 Å². The number of halogens is 1. The maximum absolute atomic E-state index is 13.1. The smallest absolute Gasteiger partial charge is 0.238 e. The minimum atomic E-state index is -0.294. The summed E-state index contributed by atoms with van der Waals surface area (Å²) in [4.78, 5) is 19.1. The highest BCUT2D eigenvalue weighted by molar-refractivity contribution is 5.93. The van der Waals surface area contributed by atoms with Gasteiger partial charge in [0.1, 0.15) is 5.82 Å². The lowest BCUT2D eigenvalue weighted by Gasteiger charge is -2.29. The highest BCUT2D eigenvalue weighted by atomic mass is 19.1. The van der Waals surface area contributed by atoms with Gasteiger partial charge in [-0.1, -0.05) is 30.3 Å². The summed E-state index contributed by atoms with van der Waals surface area (Å²) in [5, 5.41) is 7.06. The molecule has 0 atom stereocenters. The Hall–Kier alpha value is -3.06. The maximum Gasteiger partial charge on any atom is 0.238 e. The summed E-state index contributed by atoms with van der Waals surface area (Å²) in [7, 11) is 0. The molecule has 30 heavy (non-hydrogen) atoms. The largest absolute Gasteiger partial charge is 0.339 e. The van der Waals surface area contributed by atoms with Gasteiger partial charge in [0.2, 0.25) is 17.6 Å². The molecular formula is C23H25FN4O2. The molecule has 1 amide bonds. The molecule has 2 heterocycles. The van der Waals surface area contributed by atoms with E-state index < -0.39 is 0 Å². The second-order valence-electron chi connectivity index (χ2n) is 7.57. The molecule has 0 spiro atoms.